The minimum absolute atomic E-state index is 0.0830. The first-order chi connectivity index (χ1) is 7.48. The van der Waals surface area contributed by atoms with Crippen molar-refractivity contribution < 1.29 is 9.84 Å². The Morgan fingerprint density at radius 1 is 1.31 bits per heavy atom. The van der Waals surface area contributed by atoms with Gasteiger partial charge in [0.05, 0.1) is 12.7 Å². The molecule has 1 heterocycles. The zero-order valence-corrected chi connectivity index (χ0v) is 10.2. The van der Waals surface area contributed by atoms with Gasteiger partial charge in [-0.25, -0.2) is 0 Å². The van der Waals surface area contributed by atoms with Crippen LogP contribution in [0.5, 0.6) is 5.75 Å². The molecule has 1 aromatic rings. The van der Waals surface area contributed by atoms with Crippen LogP contribution in [0.1, 0.15) is 26.3 Å². The van der Waals surface area contributed by atoms with E-state index in [4.69, 9.17) is 4.74 Å². The molecule has 0 fully saturated rings. The number of hydrogen-bond acceptors (Lipinski definition) is 2. The van der Waals surface area contributed by atoms with E-state index in [0.717, 1.165) is 12.2 Å². The summed E-state index contributed by atoms with van der Waals surface area (Å²) in [6, 6.07) is 8.08. The first-order valence-electron chi connectivity index (χ1n) is 5.87. The van der Waals surface area contributed by atoms with E-state index in [1.54, 1.807) is 0 Å². The zero-order chi connectivity index (χ0) is 11.8. The van der Waals surface area contributed by atoms with E-state index in [-0.39, 0.29) is 17.4 Å². The molecular formula is C14H20O2. The lowest BCUT2D eigenvalue weighted by atomic mass is 9.78. The monoisotopic (exact) mass is 220 g/mol. The number of ether oxygens (including phenoxy) is 1. The number of rotatable bonds is 1. The fraction of sp³-hybridized carbons (Fsp3) is 0.571. The number of aliphatic hydroxyl groups excluding tert-OH is 1. The van der Waals surface area contributed by atoms with Crippen LogP contribution < -0.4 is 4.74 Å². The Labute approximate surface area is 97.3 Å². The van der Waals surface area contributed by atoms with E-state index in [1.807, 2.05) is 18.2 Å². The number of para-hydroxylation sites is 1. The van der Waals surface area contributed by atoms with Crippen LogP contribution in [0.3, 0.4) is 0 Å². The maximum Gasteiger partial charge on any atom is 0.122 e. The van der Waals surface area contributed by atoms with Crippen LogP contribution >= 0.6 is 0 Å². The third-order valence-electron chi connectivity index (χ3n) is 3.24. The maximum absolute atomic E-state index is 10.3. The van der Waals surface area contributed by atoms with Crippen molar-refractivity contribution in [1.29, 1.82) is 0 Å². The Hall–Kier alpha value is -1.02. The van der Waals surface area contributed by atoms with Gasteiger partial charge in [0.25, 0.3) is 0 Å². The summed E-state index contributed by atoms with van der Waals surface area (Å²) in [5.74, 6) is 1.18. The maximum atomic E-state index is 10.3. The summed E-state index contributed by atoms with van der Waals surface area (Å²) in [6.07, 6.45) is 0.593. The summed E-state index contributed by atoms with van der Waals surface area (Å²) in [6.45, 7) is 6.82. The van der Waals surface area contributed by atoms with Crippen LogP contribution in [-0.4, -0.2) is 17.8 Å². The molecule has 2 heteroatoms. The third-order valence-corrected chi connectivity index (χ3v) is 3.24. The minimum Gasteiger partial charge on any atom is -0.493 e. The van der Waals surface area contributed by atoms with E-state index in [1.165, 1.54) is 5.56 Å². The first kappa shape index (κ1) is 11.5. The summed E-state index contributed by atoms with van der Waals surface area (Å²) in [5.41, 5.74) is 1.13. The van der Waals surface area contributed by atoms with Gasteiger partial charge in [-0.2, -0.15) is 0 Å². The van der Waals surface area contributed by atoms with Crippen LogP contribution in [0.15, 0.2) is 24.3 Å². The predicted molar refractivity (Wildman–Crippen MR) is 64.6 cm³/mol. The normalized spacial score (nSPS) is 22.1. The number of fused-ring (bicyclic) bond motifs is 1. The number of hydrogen-bond donors (Lipinski definition) is 1. The van der Waals surface area contributed by atoms with Gasteiger partial charge in [0.1, 0.15) is 5.75 Å². The molecule has 1 aliphatic heterocycles. The van der Waals surface area contributed by atoms with Crippen molar-refractivity contribution in [3.05, 3.63) is 29.8 Å². The highest BCUT2D eigenvalue weighted by Gasteiger charge is 2.33. The molecule has 1 aliphatic rings. The molecule has 0 radical (unpaired) electrons. The van der Waals surface area contributed by atoms with Crippen molar-refractivity contribution in [2.45, 2.75) is 33.3 Å². The Morgan fingerprint density at radius 2 is 2.00 bits per heavy atom. The summed E-state index contributed by atoms with van der Waals surface area (Å²) in [5, 5.41) is 10.3. The van der Waals surface area contributed by atoms with Gasteiger partial charge in [0.15, 0.2) is 0 Å². The fourth-order valence-corrected chi connectivity index (χ4v) is 2.26. The molecule has 1 aromatic carbocycles. The van der Waals surface area contributed by atoms with E-state index < -0.39 is 0 Å². The van der Waals surface area contributed by atoms with Gasteiger partial charge in [-0.3, -0.25) is 0 Å². The van der Waals surface area contributed by atoms with Crippen molar-refractivity contribution >= 4 is 0 Å². The van der Waals surface area contributed by atoms with Gasteiger partial charge in [0, 0.05) is 5.92 Å². The lowest BCUT2D eigenvalue weighted by Crippen LogP contribution is -2.39. The second kappa shape index (κ2) is 4.10. The highest BCUT2D eigenvalue weighted by Crippen LogP contribution is 2.33. The van der Waals surface area contributed by atoms with E-state index >= 15 is 0 Å². The largest absolute Gasteiger partial charge is 0.493 e. The molecule has 0 aliphatic carbocycles. The highest BCUT2D eigenvalue weighted by molar-refractivity contribution is 5.35. The summed E-state index contributed by atoms with van der Waals surface area (Å²) >= 11 is 0. The van der Waals surface area contributed by atoms with Crippen molar-refractivity contribution in [2.24, 2.45) is 11.3 Å². The fourth-order valence-electron chi connectivity index (χ4n) is 2.26. The average Bonchev–Trinajstić information content (AvgIpc) is 2.26. The molecule has 2 rings (SSSR count). The molecule has 0 saturated heterocycles. The molecule has 16 heavy (non-hydrogen) atoms. The Morgan fingerprint density at radius 3 is 2.69 bits per heavy atom. The number of aliphatic hydroxyl groups is 1. The highest BCUT2D eigenvalue weighted by atomic mass is 16.5. The van der Waals surface area contributed by atoms with Gasteiger partial charge in [-0.1, -0.05) is 39.0 Å². The smallest absolute Gasteiger partial charge is 0.122 e. The Balaban J connectivity index is 2.14. The molecule has 2 atom stereocenters. The second-order valence-corrected chi connectivity index (χ2v) is 5.69. The molecule has 0 aromatic heterocycles. The summed E-state index contributed by atoms with van der Waals surface area (Å²) in [4.78, 5) is 0. The third kappa shape index (κ3) is 2.22. The van der Waals surface area contributed by atoms with Crippen molar-refractivity contribution in [3.63, 3.8) is 0 Å². The lowest BCUT2D eigenvalue weighted by molar-refractivity contribution is -0.0111. The lowest BCUT2D eigenvalue weighted by Gasteiger charge is -2.35. The van der Waals surface area contributed by atoms with Gasteiger partial charge in [0.2, 0.25) is 0 Å². The molecule has 1 N–H and O–H groups in total. The first-order valence-corrected chi connectivity index (χ1v) is 5.87. The van der Waals surface area contributed by atoms with Crippen LogP contribution in [0.25, 0.3) is 0 Å². The van der Waals surface area contributed by atoms with Gasteiger partial charge in [-0.15, -0.1) is 0 Å². The molecule has 0 spiro atoms. The molecule has 2 nitrogen and oxygen atoms in total. The Bertz CT molecular complexity index is 365. The molecule has 0 saturated carbocycles. The van der Waals surface area contributed by atoms with Crippen LogP contribution in [-0.2, 0) is 6.42 Å². The molecule has 88 valence electrons. The quantitative estimate of drug-likeness (QED) is 0.788. The second-order valence-electron chi connectivity index (χ2n) is 5.69. The average molecular weight is 220 g/mol. The number of benzene rings is 1. The molecule has 2 unspecified atom stereocenters. The summed E-state index contributed by atoms with van der Waals surface area (Å²) in [7, 11) is 0. The van der Waals surface area contributed by atoms with Crippen LogP contribution in [0.2, 0.25) is 0 Å². The van der Waals surface area contributed by atoms with Gasteiger partial charge >= 0.3 is 0 Å². The van der Waals surface area contributed by atoms with E-state index in [0.29, 0.717) is 6.61 Å². The topological polar surface area (TPSA) is 29.5 Å². The molecule has 0 amide bonds. The van der Waals surface area contributed by atoms with Gasteiger partial charge < -0.3 is 9.84 Å². The van der Waals surface area contributed by atoms with Crippen LogP contribution in [0, 0.1) is 11.3 Å². The van der Waals surface area contributed by atoms with Crippen molar-refractivity contribution in [2.75, 3.05) is 6.61 Å². The van der Waals surface area contributed by atoms with Crippen molar-refractivity contribution in [3.8, 4) is 5.75 Å². The van der Waals surface area contributed by atoms with Gasteiger partial charge in [-0.05, 0) is 23.5 Å². The molecule has 0 bridgehead atoms. The summed E-state index contributed by atoms with van der Waals surface area (Å²) < 4.78 is 5.69. The SMILES string of the molecule is CC(C)(C)C(O)C1COc2ccccc2C1. The predicted octanol–water partition coefficient (Wildman–Crippen LogP) is 2.64. The zero-order valence-electron chi connectivity index (χ0n) is 10.2. The van der Waals surface area contributed by atoms with Crippen molar-refractivity contribution in [1.82, 2.24) is 0 Å². The minimum atomic E-state index is -0.319. The molecular weight excluding hydrogens is 200 g/mol. The van der Waals surface area contributed by atoms with Crippen LogP contribution in [0.4, 0.5) is 0 Å². The van der Waals surface area contributed by atoms with E-state index in [2.05, 4.69) is 26.8 Å². The Kier molecular flexibility index (Phi) is 2.94. The standard InChI is InChI=1S/C14H20O2/c1-14(2,3)13(15)11-8-10-6-4-5-7-12(10)16-9-11/h4-7,11,13,15H,8-9H2,1-3H3. The van der Waals surface area contributed by atoms with E-state index in [9.17, 15) is 5.11 Å².